The van der Waals surface area contributed by atoms with E-state index in [0.717, 1.165) is 12.8 Å². The van der Waals surface area contributed by atoms with Crippen molar-refractivity contribution in [3.63, 3.8) is 0 Å². The maximum absolute atomic E-state index is 12.5. The first-order valence-corrected chi connectivity index (χ1v) is 6.81. The van der Waals surface area contributed by atoms with E-state index in [9.17, 15) is 14.9 Å². The van der Waals surface area contributed by atoms with Gasteiger partial charge in [0.25, 0.3) is 11.6 Å². The Hall–Kier alpha value is -1.82. The van der Waals surface area contributed by atoms with Crippen molar-refractivity contribution in [1.82, 2.24) is 4.90 Å². The van der Waals surface area contributed by atoms with Crippen molar-refractivity contribution in [2.75, 3.05) is 19.5 Å². The quantitative estimate of drug-likeness (QED) is 0.486. The van der Waals surface area contributed by atoms with Crippen LogP contribution in [-0.4, -0.2) is 41.3 Å². The molecule has 108 valence electrons. The van der Waals surface area contributed by atoms with E-state index in [1.807, 2.05) is 0 Å². The van der Waals surface area contributed by atoms with Gasteiger partial charge in [-0.1, -0.05) is 0 Å². The van der Waals surface area contributed by atoms with Gasteiger partial charge in [0.2, 0.25) is 0 Å². The monoisotopic (exact) mass is 298 g/mol. The normalized spacial score (nSPS) is 18.1. The van der Waals surface area contributed by atoms with Crippen molar-refractivity contribution >= 4 is 23.2 Å². The summed E-state index contributed by atoms with van der Waals surface area (Å²) in [6.07, 6.45) is 1.79. The minimum Gasteiger partial charge on any atom is -0.496 e. The van der Waals surface area contributed by atoms with Crippen molar-refractivity contribution in [3.8, 4) is 5.75 Å². The van der Waals surface area contributed by atoms with E-state index < -0.39 is 4.92 Å². The van der Waals surface area contributed by atoms with Crippen LogP contribution in [0.4, 0.5) is 5.69 Å². The van der Waals surface area contributed by atoms with Gasteiger partial charge < -0.3 is 9.64 Å². The number of nitro benzene ring substituents is 1. The molecule has 2 rings (SSSR count). The van der Waals surface area contributed by atoms with Gasteiger partial charge in [0.1, 0.15) is 5.75 Å². The summed E-state index contributed by atoms with van der Waals surface area (Å²) >= 11 is 5.86. The fraction of sp³-hybridized carbons (Fsp3) is 0.462. The molecule has 1 aliphatic rings. The van der Waals surface area contributed by atoms with E-state index >= 15 is 0 Å². The average Bonchev–Trinajstić information content (AvgIpc) is 2.94. The van der Waals surface area contributed by atoms with E-state index in [4.69, 9.17) is 16.3 Å². The highest BCUT2D eigenvalue weighted by Crippen LogP contribution is 2.28. The van der Waals surface area contributed by atoms with Crippen LogP contribution in [0.3, 0.4) is 0 Å². The molecule has 1 amide bonds. The molecule has 0 spiro atoms. The summed E-state index contributed by atoms with van der Waals surface area (Å²) < 4.78 is 5.10. The Morgan fingerprint density at radius 1 is 1.60 bits per heavy atom. The summed E-state index contributed by atoms with van der Waals surface area (Å²) in [5, 5.41) is 10.7. The Bertz CT molecular complexity index is 535. The molecule has 1 aromatic rings. The smallest absolute Gasteiger partial charge is 0.273 e. The number of methoxy groups -OCH3 is 1. The molecule has 1 aromatic carbocycles. The molecule has 0 aromatic heterocycles. The van der Waals surface area contributed by atoms with Gasteiger partial charge in [0.15, 0.2) is 0 Å². The molecule has 1 saturated heterocycles. The molecule has 1 fully saturated rings. The largest absolute Gasteiger partial charge is 0.496 e. The number of nitrogens with zero attached hydrogens (tertiary/aromatic N) is 2. The first-order chi connectivity index (χ1) is 9.58. The van der Waals surface area contributed by atoms with E-state index in [0.29, 0.717) is 18.0 Å². The van der Waals surface area contributed by atoms with Gasteiger partial charge in [-0.15, -0.1) is 11.6 Å². The van der Waals surface area contributed by atoms with Crippen LogP contribution in [0.1, 0.15) is 23.2 Å². The number of benzene rings is 1. The second-order valence-corrected chi connectivity index (χ2v) is 4.90. The minimum absolute atomic E-state index is 0.0177. The summed E-state index contributed by atoms with van der Waals surface area (Å²) in [5.74, 6) is 0.408. The molecule has 7 heteroatoms. The molecular formula is C13H15ClN2O4. The van der Waals surface area contributed by atoms with E-state index in [1.54, 1.807) is 4.90 Å². The molecular weight excluding hydrogens is 284 g/mol. The second kappa shape index (κ2) is 6.09. The molecule has 1 atom stereocenters. The maximum atomic E-state index is 12.5. The molecule has 1 heterocycles. The Morgan fingerprint density at radius 3 is 2.95 bits per heavy atom. The Labute approximate surface area is 121 Å². The lowest BCUT2D eigenvalue weighted by Gasteiger charge is -2.23. The van der Waals surface area contributed by atoms with Gasteiger partial charge in [-0.25, -0.2) is 0 Å². The summed E-state index contributed by atoms with van der Waals surface area (Å²) in [7, 11) is 1.39. The Balaban J connectivity index is 2.32. The molecule has 1 unspecified atom stereocenters. The van der Waals surface area contributed by atoms with Crippen molar-refractivity contribution in [1.29, 1.82) is 0 Å². The summed E-state index contributed by atoms with van der Waals surface area (Å²) in [6.45, 7) is 0.649. The lowest BCUT2D eigenvalue weighted by Crippen LogP contribution is -2.36. The molecule has 6 nitrogen and oxygen atoms in total. The average molecular weight is 299 g/mol. The van der Waals surface area contributed by atoms with E-state index in [-0.39, 0.29) is 23.4 Å². The molecule has 1 aliphatic heterocycles. The summed E-state index contributed by atoms with van der Waals surface area (Å²) in [6, 6.07) is 4.02. The zero-order valence-electron chi connectivity index (χ0n) is 11.0. The molecule has 0 bridgehead atoms. The predicted octanol–water partition coefficient (Wildman–Crippen LogP) is 2.45. The zero-order chi connectivity index (χ0) is 14.7. The number of ether oxygens (including phenoxy) is 1. The number of carbonyl (C=O) groups is 1. The van der Waals surface area contributed by atoms with Crippen molar-refractivity contribution in [3.05, 3.63) is 33.9 Å². The van der Waals surface area contributed by atoms with Gasteiger partial charge in [-0.05, 0) is 18.9 Å². The van der Waals surface area contributed by atoms with Crippen LogP contribution in [0.2, 0.25) is 0 Å². The van der Waals surface area contributed by atoms with E-state index in [2.05, 4.69) is 0 Å². The summed E-state index contributed by atoms with van der Waals surface area (Å²) in [5.41, 5.74) is 0.226. The fourth-order valence-corrected chi connectivity index (χ4v) is 2.71. The maximum Gasteiger partial charge on any atom is 0.273 e. The third-order valence-corrected chi connectivity index (χ3v) is 3.80. The van der Waals surface area contributed by atoms with Gasteiger partial charge in [0.05, 0.1) is 23.7 Å². The first-order valence-electron chi connectivity index (χ1n) is 6.28. The standard InChI is InChI=1S/C13H15ClN2O4/c1-20-12-7-9(16(18)19)4-5-11(12)13(17)15-6-2-3-10(15)8-14/h4-5,7,10H,2-3,6,8H2,1H3. The topological polar surface area (TPSA) is 72.7 Å². The highest BCUT2D eigenvalue weighted by molar-refractivity contribution is 6.18. The highest BCUT2D eigenvalue weighted by Gasteiger charge is 2.30. The van der Waals surface area contributed by atoms with Crippen LogP contribution in [0, 0.1) is 10.1 Å². The number of hydrogen-bond donors (Lipinski definition) is 0. The van der Waals surface area contributed by atoms with Crippen LogP contribution >= 0.6 is 11.6 Å². The van der Waals surface area contributed by atoms with Crippen LogP contribution < -0.4 is 4.74 Å². The van der Waals surface area contributed by atoms with Crippen LogP contribution in [0.5, 0.6) is 5.75 Å². The number of amides is 1. The molecule has 0 saturated carbocycles. The van der Waals surface area contributed by atoms with Gasteiger partial charge in [-0.2, -0.15) is 0 Å². The highest BCUT2D eigenvalue weighted by atomic mass is 35.5. The number of non-ortho nitro benzene ring substituents is 1. The first kappa shape index (κ1) is 14.6. The van der Waals surface area contributed by atoms with Crippen molar-refractivity contribution in [2.45, 2.75) is 18.9 Å². The van der Waals surface area contributed by atoms with E-state index in [1.165, 1.54) is 25.3 Å². The lowest BCUT2D eigenvalue weighted by molar-refractivity contribution is -0.384. The number of carbonyl (C=O) groups excluding carboxylic acids is 1. The van der Waals surface area contributed by atoms with Gasteiger partial charge in [0, 0.05) is 24.5 Å². The number of hydrogen-bond acceptors (Lipinski definition) is 4. The Morgan fingerprint density at radius 2 is 2.35 bits per heavy atom. The molecule has 0 aliphatic carbocycles. The molecule has 20 heavy (non-hydrogen) atoms. The second-order valence-electron chi connectivity index (χ2n) is 4.59. The fourth-order valence-electron chi connectivity index (χ4n) is 2.39. The zero-order valence-corrected chi connectivity index (χ0v) is 11.8. The van der Waals surface area contributed by atoms with Crippen LogP contribution in [0.25, 0.3) is 0 Å². The van der Waals surface area contributed by atoms with Crippen molar-refractivity contribution < 1.29 is 14.5 Å². The molecule has 0 radical (unpaired) electrons. The molecule has 0 N–H and O–H groups in total. The summed E-state index contributed by atoms with van der Waals surface area (Å²) in [4.78, 5) is 24.4. The number of halogens is 1. The lowest BCUT2D eigenvalue weighted by atomic mass is 10.1. The van der Waals surface area contributed by atoms with Crippen LogP contribution in [0.15, 0.2) is 18.2 Å². The number of likely N-dealkylation sites (tertiary alicyclic amines) is 1. The third-order valence-electron chi connectivity index (χ3n) is 3.44. The van der Waals surface area contributed by atoms with Gasteiger partial charge in [-0.3, -0.25) is 14.9 Å². The SMILES string of the molecule is COc1cc([N+](=O)[O-])ccc1C(=O)N1CCCC1CCl. The third kappa shape index (κ3) is 2.70. The van der Waals surface area contributed by atoms with Crippen LogP contribution in [-0.2, 0) is 0 Å². The number of rotatable bonds is 4. The number of alkyl halides is 1. The van der Waals surface area contributed by atoms with Crippen molar-refractivity contribution in [2.24, 2.45) is 0 Å². The Kier molecular flexibility index (Phi) is 4.44. The predicted molar refractivity (Wildman–Crippen MR) is 74.4 cm³/mol. The van der Waals surface area contributed by atoms with Gasteiger partial charge >= 0.3 is 0 Å². The number of nitro groups is 1. The minimum atomic E-state index is -0.520.